The average molecular weight is 294 g/mol. The van der Waals surface area contributed by atoms with Crippen molar-refractivity contribution < 1.29 is 4.79 Å². The van der Waals surface area contributed by atoms with Crippen LogP contribution in [0.25, 0.3) is 0 Å². The molecule has 1 aromatic rings. The fourth-order valence-electron chi connectivity index (χ4n) is 1.49. The Morgan fingerprint density at radius 1 is 1.53 bits per heavy atom. The van der Waals surface area contributed by atoms with E-state index in [-0.39, 0.29) is 11.3 Å². The molecule has 1 amide bonds. The molecular formula is C12H17Cl2NOS. The van der Waals surface area contributed by atoms with Crippen LogP contribution in [0.1, 0.15) is 36.4 Å². The molecule has 1 heterocycles. The normalized spacial score (nSPS) is 11.5. The van der Waals surface area contributed by atoms with Gasteiger partial charge in [0.25, 0.3) is 5.91 Å². The molecule has 0 radical (unpaired) electrons. The minimum atomic E-state index is -0.0936. The van der Waals surface area contributed by atoms with E-state index in [9.17, 15) is 4.79 Å². The lowest BCUT2D eigenvalue weighted by Crippen LogP contribution is -2.33. The van der Waals surface area contributed by atoms with Gasteiger partial charge in [-0.05, 0) is 29.7 Å². The van der Waals surface area contributed by atoms with Crippen molar-refractivity contribution in [3.63, 3.8) is 0 Å². The Hall–Kier alpha value is -0.250. The maximum Gasteiger partial charge on any atom is 0.262 e. The van der Waals surface area contributed by atoms with Gasteiger partial charge in [0.05, 0.1) is 5.02 Å². The monoisotopic (exact) mass is 293 g/mol. The van der Waals surface area contributed by atoms with Crippen LogP contribution in [0.15, 0.2) is 11.4 Å². The van der Waals surface area contributed by atoms with Crippen LogP contribution in [0.4, 0.5) is 0 Å². The van der Waals surface area contributed by atoms with Crippen LogP contribution in [0, 0.1) is 5.41 Å². The van der Waals surface area contributed by atoms with Crippen LogP contribution in [-0.4, -0.2) is 18.3 Å². The van der Waals surface area contributed by atoms with E-state index in [0.717, 1.165) is 12.8 Å². The SMILES string of the molecule is CC(C)(CCCCl)CNC(=O)c1sccc1Cl. The van der Waals surface area contributed by atoms with E-state index < -0.39 is 0 Å². The molecule has 0 saturated heterocycles. The molecule has 96 valence electrons. The molecule has 0 aliphatic carbocycles. The Morgan fingerprint density at radius 3 is 2.76 bits per heavy atom. The fraction of sp³-hybridized carbons (Fsp3) is 0.583. The largest absolute Gasteiger partial charge is 0.351 e. The zero-order chi connectivity index (χ0) is 12.9. The van der Waals surface area contributed by atoms with Gasteiger partial charge in [-0.1, -0.05) is 25.4 Å². The van der Waals surface area contributed by atoms with Crippen LogP contribution in [0.2, 0.25) is 5.02 Å². The molecular weight excluding hydrogens is 277 g/mol. The molecule has 5 heteroatoms. The van der Waals surface area contributed by atoms with Gasteiger partial charge in [0.15, 0.2) is 0 Å². The van der Waals surface area contributed by atoms with Crippen molar-refractivity contribution in [3.8, 4) is 0 Å². The summed E-state index contributed by atoms with van der Waals surface area (Å²) in [6.07, 6.45) is 1.96. The highest BCUT2D eigenvalue weighted by molar-refractivity contribution is 7.12. The predicted octanol–water partition coefficient (Wildman–Crippen LogP) is 4.18. The second-order valence-corrected chi connectivity index (χ2v) is 6.44. The van der Waals surface area contributed by atoms with E-state index in [0.29, 0.717) is 22.3 Å². The number of carbonyl (C=O) groups excluding carboxylic acids is 1. The predicted molar refractivity (Wildman–Crippen MR) is 75.4 cm³/mol. The van der Waals surface area contributed by atoms with E-state index in [4.69, 9.17) is 23.2 Å². The standard InChI is InChI=1S/C12H17Cl2NOS/c1-12(2,5-3-6-13)8-15-11(16)10-9(14)4-7-17-10/h4,7H,3,5-6,8H2,1-2H3,(H,15,16). The molecule has 0 atom stereocenters. The van der Waals surface area contributed by atoms with Gasteiger partial charge in [0.2, 0.25) is 0 Å². The third kappa shape index (κ3) is 4.86. The van der Waals surface area contributed by atoms with Crippen molar-refractivity contribution in [2.45, 2.75) is 26.7 Å². The molecule has 1 N–H and O–H groups in total. The van der Waals surface area contributed by atoms with Crippen LogP contribution in [-0.2, 0) is 0 Å². The van der Waals surface area contributed by atoms with Crippen molar-refractivity contribution in [2.75, 3.05) is 12.4 Å². The van der Waals surface area contributed by atoms with Crippen LogP contribution in [0.3, 0.4) is 0 Å². The summed E-state index contributed by atoms with van der Waals surface area (Å²) in [5.41, 5.74) is 0.0638. The second-order valence-electron chi connectivity index (χ2n) is 4.74. The van der Waals surface area contributed by atoms with Gasteiger partial charge < -0.3 is 5.32 Å². The Balaban J connectivity index is 2.45. The maximum absolute atomic E-state index is 11.8. The summed E-state index contributed by atoms with van der Waals surface area (Å²) in [7, 11) is 0. The number of alkyl halides is 1. The van der Waals surface area contributed by atoms with E-state index in [2.05, 4.69) is 19.2 Å². The lowest BCUT2D eigenvalue weighted by atomic mass is 9.88. The van der Waals surface area contributed by atoms with E-state index in [1.54, 1.807) is 6.07 Å². The molecule has 17 heavy (non-hydrogen) atoms. The number of thiophene rings is 1. The second kappa shape index (κ2) is 6.62. The molecule has 0 aliphatic heterocycles. The van der Waals surface area contributed by atoms with Crippen LogP contribution < -0.4 is 5.32 Å². The first-order valence-electron chi connectivity index (χ1n) is 5.53. The number of hydrogen-bond acceptors (Lipinski definition) is 2. The van der Waals surface area contributed by atoms with Crippen molar-refractivity contribution in [1.82, 2.24) is 5.32 Å². The molecule has 0 aromatic carbocycles. The quantitative estimate of drug-likeness (QED) is 0.784. The number of nitrogens with one attached hydrogen (secondary N) is 1. The molecule has 0 saturated carbocycles. The molecule has 2 nitrogen and oxygen atoms in total. The minimum absolute atomic E-state index is 0.0638. The summed E-state index contributed by atoms with van der Waals surface area (Å²) < 4.78 is 0. The van der Waals surface area contributed by atoms with E-state index in [1.165, 1.54) is 11.3 Å². The molecule has 0 bridgehead atoms. The first-order valence-corrected chi connectivity index (χ1v) is 7.33. The van der Waals surface area contributed by atoms with Crippen LogP contribution >= 0.6 is 34.5 Å². The van der Waals surface area contributed by atoms with Crippen molar-refractivity contribution in [3.05, 3.63) is 21.3 Å². The minimum Gasteiger partial charge on any atom is -0.351 e. The summed E-state index contributed by atoms with van der Waals surface area (Å²) in [5.74, 6) is 0.567. The van der Waals surface area contributed by atoms with Gasteiger partial charge >= 0.3 is 0 Å². The maximum atomic E-state index is 11.8. The number of carbonyl (C=O) groups is 1. The van der Waals surface area contributed by atoms with E-state index >= 15 is 0 Å². The topological polar surface area (TPSA) is 29.1 Å². The third-order valence-corrected chi connectivity index (χ3v) is 4.15. The first-order chi connectivity index (χ1) is 7.96. The van der Waals surface area contributed by atoms with Gasteiger partial charge in [-0.2, -0.15) is 0 Å². The Labute approximate surface area is 116 Å². The van der Waals surface area contributed by atoms with Gasteiger partial charge in [-0.25, -0.2) is 0 Å². The molecule has 0 spiro atoms. The summed E-state index contributed by atoms with van der Waals surface area (Å²) in [6.45, 7) is 4.88. The number of rotatable bonds is 6. The summed E-state index contributed by atoms with van der Waals surface area (Å²) in [4.78, 5) is 12.4. The Morgan fingerprint density at radius 2 is 2.24 bits per heavy atom. The molecule has 0 aliphatic rings. The van der Waals surface area contributed by atoms with E-state index in [1.807, 2.05) is 5.38 Å². The first kappa shape index (κ1) is 14.8. The summed E-state index contributed by atoms with van der Waals surface area (Å²) in [6, 6.07) is 1.74. The zero-order valence-corrected chi connectivity index (χ0v) is 12.4. The van der Waals surface area contributed by atoms with Crippen molar-refractivity contribution >= 4 is 40.4 Å². The lowest BCUT2D eigenvalue weighted by Gasteiger charge is -2.24. The molecule has 1 rings (SSSR count). The molecule has 0 unspecified atom stereocenters. The smallest absolute Gasteiger partial charge is 0.262 e. The van der Waals surface area contributed by atoms with Crippen molar-refractivity contribution in [2.24, 2.45) is 5.41 Å². The number of halogens is 2. The number of hydrogen-bond donors (Lipinski definition) is 1. The van der Waals surface area contributed by atoms with Gasteiger partial charge in [-0.15, -0.1) is 22.9 Å². The third-order valence-electron chi connectivity index (χ3n) is 2.54. The van der Waals surface area contributed by atoms with Gasteiger partial charge in [0.1, 0.15) is 4.88 Å². The summed E-state index contributed by atoms with van der Waals surface area (Å²) >= 11 is 12.9. The number of amides is 1. The molecule has 0 fully saturated rings. The molecule has 1 aromatic heterocycles. The highest BCUT2D eigenvalue weighted by Gasteiger charge is 2.20. The van der Waals surface area contributed by atoms with Crippen LogP contribution in [0.5, 0.6) is 0 Å². The fourth-order valence-corrected chi connectivity index (χ4v) is 2.68. The Kier molecular flexibility index (Phi) is 5.77. The Bertz CT molecular complexity index is 376. The highest BCUT2D eigenvalue weighted by Crippen LogP contribution is 2.24. The average Bonchev–Trinajstić information content (AvgIpc) is 2.70. The van der Waals surface area contributed by atoms with Crippen molar-refractivity contribution in [1.29, 1.82) is 0 Å². The lowest BCUT2D eigenvalue weighted by molar-refractivity contribution is 0.0939. The highest BCUT2D eigenvalue weighted by atomic mass is 35.5. The van der Waals surface area contributed by atoms with Gasteiger partial charge in [0, 0.05) is 12.4 Å². The summed E-state index contributed by atoms with van der Waals surface area (Å²) in [5, 5.41) is 5.25. The zero-order valence-electron chi connectivity index (χ0n) is 10.1. The van der Waals surface area contributed by atoms with Gasteiger partial charge in [-0.3, -0.25) is 4.79 Å².